The molecule has 2 heterocycles. The lowest BCUT2D eigenvalue weighted by molar-refractivity contribution is 0.797. The van der Waals surface area contributed by atoms with Crippen LogP contribution in [0.15, 0.2) is 18.6 Å². The largest absolute Gasteiger partial charge is 0.396 e. The average Bonchev–Trinajstić information content (AvgIpc) is 2.48. The standard InChI is InChI=1S/C8H8ClN5/c1-5-7(9)4-14(13-5)8-11-2-6(10)3-12-8/h2-4H,10H2,1H3. The van der Waals surface area contributed by atoms with E-state index in [2.05, 4.69) is 15.1 Å². The maximum atomic E-state index is 5.85. The molecule has 0 bridgehead atoms. The normalized spacial score (nSPS) is 10.4. The van der Waals surface area contributed by atoms with Crippen molar-refractivity contribution in [3.05, 3.63) is 29.3 Å². The van der Waals surface area contributed by atoms with Crippen molar-refractivity contribution >= 4 is 17.3 Å². The molecule has 0 aliphatic carbocycles. The smallest absolute Gasteiger partial charge is 0.250 e. The molecule has 0 unspecified atom stereocenters. The molecule has 0 fully saturated rings. The van der Waals surface area contributed by atoms with Crippen LogP contribution < -0.4 is 5.73 Å². The quantitative estimate of drug-likeness (QED) is 0.767. The van der Waals surface area contributed by atoms with Crippen LogP contribution in [-0.4, -0.2) is 19.7 Å². The molecule has 0 saturated heterocycles. The third-order valence-electron chi connectivity index (χ3n) is 1.70. The number of nitrogens with zero attached hydrogens (tertiary/aromatic N) is 4. The minimum atomic E-state index is 0.453. The minimum absolute atomic E-state index is 0.453. The van der Waals surface area contributed by atoms with Gasteiger partial charge in [0, 0.05) is 0 Å². The summed E-state index contributed by atoms with van der Waals surface area (Å²) in [5.74, 6) is 0.453. The van der Waals surface area contributed by atoms with Gasteiger partial charge in [-0.25, -0.2) is 14.6 Å². The third kappa shape index (κ3) is 1.54. The van der Waals surface area contributed by atoms with Crippen molar-refractivity contribution in [2.75, 3.05) is 5.73 Å². The van der Waals surface area contributed by atoms with Crippen LogP contribution in [0.2, 0.25) is 5.02 Å². The molecule has 0 saturated carbocycles. The van der Waals surface area contributed by atoms with Gasteiger partial charge in [0.1, 0.15) is 0 Å². The van der Waals surface area contributed by atoms with E-state index < -0.39 is 0 Å². The Hall–Kier alpha value is -1.62. The second-order valence-corrected chi connectivity index (χ2v) is 3.23. The number of hydrogen-bond acceptors (Lipinski definition) is 4. The molecule has 2 aromatic rings. The highest BCUT2D eigenvalue weighted by molar-refractivity contribution is 6.31. The van der Waals surface area contributed by atoms with Gasteiger partial charge in [0.05, 0.1) is 35.0 Å². The summed E-state index contributed by atoms with van der Waals surface area (Å²) in [6.07, 6.45) is 4.70. The molecule has 0 aromatic carbocycles. The molecule has 5 nitrogen and oxygen atoms in total. The van der Waals surface area contributed by atoms with E-state index in [1.807, 2.05) is 6.92 Å². The fourth-order valence-corrected chi connectivity index (χ4v) is 1.12. The fourth-order valence-electron chi connectivity index (χ4n) is 0.991. The first-order valence-electron chi connectivity index (χ1n) is 3.96. The van der Waals surface area contributed by atoms with E-state index in [-0.39, 0.29) is 0 Å². The molecule has 2 aromatic heterocycles. The van der Waals surface area contributed by atoms with Gasteiger partial charge in [0.15, 0.2) is 0 Å². The van der Waals surface area contributed by atoms with Gasteiger partial charge in [-0.05, 0) is 6.92 Å². The van der Waals surface area contributed by atoms with E-state index in [1.54, 1.807) is 6.20 Å². The fraction of sp³-hybridized carbons (Fsp3) is 0.125. The summed E-state index contributed by atoms with van der Waals surface area (Å²) in [5, 5.41) is 4.72. The summed E-state index contributed by atoms with van der Waals surface area (Å²) in [5.41, 5.74) is 6.72. The lowest BCUT2D eigenvalue weighted by atomic mass is 10.5. The second kappa shape index (κ2) is 3.26. The van der Waals surface area contributed by atoms with Crippen LogP contribution in [0, 0.1) is 6.92 Å². The lowest BCUT2D eigenvalue weighted by Gasteiger charge is -1.97. The van der Waals surface area contributed by atoms with E-state index in [9.17, 15) is 0 Å². The lowest BCUT2D eigenvalue weighted by Crippen LogP contribution is -2.02. The molecule has 72 valence electrons. The molecule has 0 aliphatic heterocycles. The van der Waals surface area contributed by atoms with Crippen molar-refractivity contribution in [1.29, 1.82) is 0 Å². The molecule has 0 spiro atoms. The molecule has 0 atom stereocenters. The summed E-state index contributed by atoms with van der Waals surface area (Å²) in [4.78, 5) is 8.02. The number of nitrogens with two attached hydrogens (primary N) is 1. The van der Waals surface area contributed by atoms with Crippen molar-refractivity contribution in [3.63, 3.8) is 0 Å². The number of aryl methyl sites for hydroxylation is 1. The van der Waals surface area contributed by atoms with E-state index in [1.165, 1.54) is 17.1 Å². The Balaban J connectivity index is 2.44. The van der Waals surface area contributed by atoms with Gasteiger partial charge in [0.25, 0.3) is 5.95 Å². The van der Waals surface area contributed by atoms with Crippen LogP contribution in [-0.2, 0) is 0 Å². The van der Waals surface area contributed by atoms with Crippen LogP contribution in [0.3, 0.4) is 0 Å². The summed E-state index contributed by atoms with van der Waals surface area (Å²) >= 11 is 5.85. The molecule has 14 heavy (non-hydrogen) atoms. The van der Waals surface area contributed by atoms with Crippen molar-refractivity contribution in [1.82, 2.24) is 19.7 Å². The van der Waals surface area contributed by atoms with Crippen LogP contribution in [0.4, 0.5) is 5.69 Å². The minimum Gasteiger partial charge on any atom is -0.396 e. The number of halogens is 1. The van der Waals surface area contributed by atoms with Gasteiger partial charge < -0.3 is 5.73 Å². The van der Waals surface area contributed by atoms with Crippen LogP contribution >= 0.6 is 11.6 Å². The van der Waals surface area contributed by atoms with Gasteiger partial charge in [-0.2, -0.15) is 5.10 Å². The van der Waals surface area contributed by atoms with Gasteiger partial charge in [-0.3, -0.25) is 0 Å². The number of nitrogen functional groups attached to an aromatic ring is 1. The van der Waals surface area contributed by atoms with Gasteiger partial charge >= 0.3 is 0 Å². The maximum Gasteiger partial charge on any atom is 0.250 e. The Labute approximate surface area is 85.5 Å². The highest BCUT2D eigenvalue weighted by atomic mass is 35.5. The number of anilines is 1. The topological polar surface area (TPSA) is 69.6 Å². The highest BCUT2D eigenvalue weighted by Crippen LogP contribution is 2.14. The van der Waals surface area contributed by atoms with Crippen LogP contribution in [0.25, 0.3) is 5.95 Å². The SMILES string of the molecule is Cc1nn(-c2ncc(N)cn2)cc1Cl. The molecular weight excluding hydrogens is 202 g/mol. The monoisotopic (exact) mass is 209 g/mol. The van der Waals surface area contributed by atoms with Crippen molar-refractivity contribution < 1.29 is 0 Å². The summed E-state index contributed by atoms with van der Waals surface area (Å²) in [6.45, 7) is 1.82. The first kappa shape index (κ1) is 8.96. The van der Waals surface area contributed by atoms with Crippen LogP contribution in [0.1, 0.15) is 5.69 Å². The maximum absolute atomic E-state index is 5.85. The summed E-state index contributed by atoms with van der Waals surface area (Å²) < 4.78 is 1.51. The van der Waals surface area contributed by atoms with E-state index in [0.717, 1.165) is 5.69 Å². The predicted octanol–water partition coefficient (Wildman–Crippen LogP) is 1.21. The van der Waals surface area contributed by atoms with Crippen molar-refractivity contribution in [3.8, 4) is 5.95 Å². The zero-order valence-corrected chi connectivity index (χ0v) is 8.23. The molecular formula is C8H8ClN5. The van der Waals surface area contributed by atoms with E-state index in [4.69, 9.17) is 17.3 Å². The van der Waals surface area contributed by atoms with E-state index in [0.29, 0.717) is 16.7 Å². The van der Waals surface area contributed by atoms with E-state index >= 15 is 0 Å². The van der Waals surface area contributed by atoms with Gasteiger partial charge in [-0.1, -0.05) is 11.6 Å². The predicted molar refractivity (Wildman–Crippen MR) is 53.3 cm³/mol. The Bertz CT molecular complexity index is 428. The zero-order chi connectivity index (χ0) is 10.1. The Kier molecular flexibility index (Phi) is 2.09. The molecule has 0 amide bonds. The van der Waals surface area contributed by atoms with Crippen molar-refractivity contribution in [2.45, 2.75) is 6.92 Å². The second-order valence-electron chi connectivity index (χ2n) is 2.82. The molecule has 2 N–H and O–H groups in total. The zero-order valence-electron chi connectivity index (χ0n) is 7.48. The average molecular weight is 210 g/mol. The summed E-state index contributed by atoms with van der Waals surface area (Å²) in [6, 6.07) is 0. The van der Waals surface area contributed by atoms with Crippen LogP contribution in [0.5, 0.6) is 0 Å². The number of aromatic nitrogens is 4. The molecule has 0 radical (unpaired) electrons. The number of hydrogen-bond donors (Lipinski definition) is 1. The Morgan fingerprint density at radius 3 is 2.50 bits per heavy atom. The van der Waals surface area contributed by atoms with Crippen molar-refractivity contribution in [2.24, 2.45) is 0 Å². The Morgan fingerprint density at radius 1 is 1.36 bits per heavy atom. The third-order valence-corrected chi connectivity index (χ3v) is 2.07. The van der Waals surface area contributed by atoms with Gasteiger partial charge in [0.2, 0.25) is 0 Å². The Morgan fingerprint density at radius 2 is 2.00 bits per heavy atom. The first-order chi connectivity index (χ1) is 6.66. The first-order valence-corrected chi connectivity index (χ1v) is 4.34. The highest BCUT2D eigenvalue weighted by Gasteiger charge is 2.05. The number of rotatable bonds is 1. The molecule has 0 aliphatic rings. The molecule has 2 rings (SSSR count). The summed E-state index contributed by atoms with van der Waals surface area (Å²) in [7, 11) is 0. The van der Waals surface area contributed by atoms with Gasteiger partial charge in [-0.15, -0.1) is 0 Å². The molecule has 6 heteroatoms.